The Hall–Kier alpha value is -2.16. The molecule has 4 aliphatic carbocycles. The summed E-state index contributed by atoms with van der Waals surface area (Å²) in [6.45, 7) is 0. The molecule has 156 valence electrons. The summed E-state index contributed by atoms with van der Waals surface area (Å²) in [7, 11) is 0. The molecular weight excluding hydrogens is 424 g/mol. The normalized spacial score (nSPS) is 30.7. The van der Waals surface area contributed by atoms with Gasteiger partial charge in [0, 0.05) is 32.1 Å². The first-order chi connectivity index (χ1) is 15.9. The van der Waals surface area contributed by atoms with E-state index in [9.17, 15) is 0 Å². The maximum Gasteiger partial charge on any atom is 0.0451 e. The van der Waals surface area contributed by atoms with Gasteiger partial charge in [-0.1, -0.05) is 78.4 Å². The first-order valence-corrected chi connectivity index (χ1v) is 13.7. The smallest absolute Gasteiger partial charge is 0.0451 e. The molecule has 4 atom stereocenters. The van der Waals surface area contributed by atoms with Crippen molar-refractivity contribution in [1.29, 1.82) is 0 Å². The lowest BCUT2D eigenvalue weighted by molar-refractivity contribution is 0.806. The van der Waals surface area contributed by atoms with E-state index < -0.39 is 0 Å². The molecule has 2 heteroatoms. The minimum Gasteiger partial charge on any atom is -0.117 e. The van der Waals surface area contributed by atoms with Crippen molar-refractivity contribution in [2.75, 3.05) is 0 Å². The molecule has 8 rings (SSSR count). The summed E-state index contributed by atoms with van der Waals surface area (Å²) in [5.41, 5.74) is 9.66. The molecule has 0 amide bonds. The van der Waals surface area contributed by atoms with Gasteiger partial charge in [0.05, 0.1) is 0 Å². The number of hydrogen-bond donors (Lipinski definition) is 0. The number of hydrogen-bond acceptors (Lipinski definition) is 2. The minimum atomic E-state index is 0.582. The van der Waals surface area contributed by atoms with Gasteiger partial charge in [-0.2, -0.15) is 0 Å². The second kappa shape index (κ2) is 6.68. The first kappa shape index (κ1) is 18.3. The van der Waals surface area contributed by atoms with Crippen molar-refractivity contribution in [3.63, 3.8) is 0 Å². The van der Waals surface area contributed by atoms with E-state index >= 15 is 0 Å². The van der Waals surface area contributed by atoms with E-state index in [0.29, 0.717) is 22.3 Å². The fourth-order valence-electron chi connectivity index (χ4n) is 6.82. The van der Waals surface area contributed by atoms with Crippen LogP contribution in [0.15, 0.2) is 83.3 Å². The summed E-state index contributed by atoms with van der Waals surface area (Å²) in [4.78, 5) is 3.03. The average molecular weight is 449 g/mol. The Labute approximate surface area is 197 Å². The average Bonchev–Trinajstić information content (AvgIpc) is 3.59. The third-order valence-corrected chi connectivity index (χ3v) is 11.1. The zero-order chi connectivity index (χ0) is 20.8. The molecular formula is C30H24S2. The lowest BCUT2D eigenvalue weighted by atomic mass is 9.90. The number of fused-ring (bicyclic) bond motifs is 6. The lowest BCUT2D eigenvalue weighted by Gasteiger charge is -2.19. The standard InChI is InChI=1S/C30H24S2/c1-3-7-17(8-4-1)25-15-23-19-11-14-22-28-20(12-13-21(27(19)28)29(23)31-25)24-16-26(32-30(22)24)18-9-5-2-6-10-18/h1-5,7-9,12-13,15-16,23-24,29-30H,6,10-11,14H2. The van der Waals surface area contributed by atoms with Gasteiger partial charge < -0.3 is 0 Å². The van der Waals surface area contributed by atoms with Crippen molar-refractivity contribution in [3.05, 3.63) is 110 Å². The summed E-state index contributed by atoms with van der Waals surface area (Å²) in [5, 5.41) is 4.56. The third kappa shape index (κ3) is 2.38. The molecule has 0 fully saturated rings. The van der Waals surface area contributed by atoms with Gasteiger partial charge in [-0.3, -0.25) is 0 Å². The highest BCUT2D eigenvalue weighted by atomic mass is 32.2. The van der Waals surface area contributed by atoms with Crippen LogP contribution >= 0.6 is 23.5 Å². The van der Waals surface area contributed by atoms with E-state index in [1.165, 1.54) is 36.2 Å². The van der Waals surface area contributed by atoms with Gasteiger partial charge >= 0.3 is 0 Å². The van der Waals surface area contributed by atoms with E-state index in [-0.39, 0.29) is 0 Å². The van der Waals surface area contributed by atoms with Gasteiger partial charge in [0.2, 0.25) is 0 Å². The van der Waals surface area contributed by atoms with E-state index in [1.807, 2.05) is 0 Å². The Morgan fingerprint density at radius 3 is 2.34 bits per heavy atom. The topological polar surface area (TPSA) is 0 Å². The fraction of sp³-hybridized carbons (Fsp3) is 0.267. The summed E-state index contributed by atoms with van der Waals surface area (Å²) in [6.07, 6.45) is 17.0. The SMILES string of the molecule is C1=CCCC(C2=CC3c4ccc5c6c4=C(CCC=6C4C=C(c6ccccc6)SC54)C3S2)=C1. The van der Waals surface area contributed by atoms with Gasteiger partial charge in [0.1, 0.15) is 0 Å². The van der Waals surface area contributed by atoms with Crippen molar-refractivity contribution in [2.24, 2.45) is 5.92 Å². The molecule has 2 aliphatic heterocycles. The molecule has 0 radical (unpaired) electrons. The number of benzene rings is 2. The Bertz CT molecular complexity index is 1430. The highest BCUT2D eigenvalue weighted by Crippen LogP contribution is 2.59. The van der Waals surface area contributed by atoms with Gasteiger partial charge in [0.25, 0.3) is 0 Å². The van der Waals surface area contributed by atoms with Crippen LogP contribution in [0.1, 0.15) is 53.5 Å². The molecule has 2 heterocycles. The Balaban J connectivity index is 1.25. The molecule has 0 aromatic heterocycles. The van der Waals surface area contributed by atoms with Gasteiger partial charge in [-0.25, -0.2) is 0 Å². The number of rotatable bonds is 2. The molecule has 0 nitrogen and oxygen atoms in total. The van der Waals surface area contributed by atoms with Crippen LogP contribution in [0.2, 0.25) is 0 Å². The summed E-state index contributed by atoms with van der Waals surface area (Å²) < 4.78 is 0. The van der Waals surface area contributed by atoms with E-state index in [4.69, 9.17) is 0 Å². The number of allylic oxidation sites excluding steroid dienone is 6. The highest BCUT2D eigenvalue weighted by Gasteiger charge is 2.45. The molecule has 2 aromatic rings. The second-order valence-corrected chi connectivity index (χ2v) is 12.1. The van der Waals surface area contributed by atoms with Gasteiger partial charge in [-0.15, -0.1) is 23.5 Å². The maximum absolute atomic E-state index is 2.61. The Morgan fingerprint density at radius 2 is 1.47 bits per heavy atom. The van der Waals surface area contributed by atoms with Crippen LogP contribution in [0.3, 0.4) is 0 Å². The first-order valence-electron chi connectivity index (χ1n) is 11.9. The van der Waals surface area contributed by atoms with Crippen molar-refractivity contribution in [3.8, 4) is 0 Å². The van der Waals surface area contributed by atoms with Crippen molar-refractivity contribution < 1.29 is 0 Å². The Morgan fingerprint density at radius 1 is 0.688 bits per heavy atom. The highest BCUT2D eigenvalue weighted by molar-refractivity contribution is 8.08. The largest absolute Gasteiger partial charge is 0.117 e. The van der Waals surface area contributed by atoms with Gasteiger partial charge in [-0.05, 0) is 64.0 Å². The molecule has 32 heavy (non-hydrogen) atoms. The van der Waals surface area contributed by atoms with Crippen LogP contribution in [0.25, 0.3) is 16.1 Å². The zero-order valence-electron chi connectivity index (χ0n) is 17.9. The molecule has 2 aromatic carbocycles. The maximum atomic E-state index is 2.61. The molecule has 0 bridgehead atoms. The fourth-order valence-corrected chi connectivity index (χ4v) is 9.87. The lowest BCUT2D eigenvalue weighted by Crippen LogP contribution is -2.34. The Kier molecular flexibility index (Phi) is 3.82. The molecule has 0 N–H and O–H groups in total. The van der Waals surface area contributed by atoms with Crippen LogP contribution in [-0.4, -0.2) is 5.25 Å². The van der Waals surface area contributed by atoms with E-state index in [0.717, 1.165) is 0 Å². The molecule has 6 aliphatic rings. The molecule has 0 saturated heterocycles. The van der Waals surface area contributed by atoms with E-state index in [2.05, 4.69) is 96.4 Å². The molecule has 0 spiro atoms. The van der Waals surface area contributed by atoms with Crippen molar-refractivity contribution >= 4 is 39.6 Å². The van der Waals surface area contributed by atoms with Crippen molar-refractivity contribution in [2.45, 2.75) is 42.1 Å². The van der Waals surface area contributed by atoms with Crippen LogP contribution < -0.4 is 10.4 Å². The van der Waals surface area contributed by atoms with Crippen LogP contribution in [-0.2, 0) is 0 Å². The minimum absolute atomic E-state index is 0.582. The third-order valence-electron chi connectivity index (χ3n) is 8.20. The summed E-state index contributed by atoms with van der Waals surface area (Å²) >= 11 is 4.26. The summed E-state index contributed by atoms with van der Waals surface area (Å²) in [6, 6.07) is 16.0. The zero-order valence-corrected chi connectivity index (χ0v) is 19.5. The predicted molar refractivity (Wildman–Crippen MR) is 139 cm³/mol. The van der Waals surface area contributed by atoms with Crippen LogP contribution in [0.5, 0.6) is 0 Å². The van der Waals surface area contributed by atoms with Gasteiger partial charge in [0.15, 0.2) is 0 Å². The van der Waals surface area contributed by atoms with Crippen molar-refractivity contribution in [1.82, 2.24) is 0 Å². The number of thioether (sulfide) groups is 2. The second-order valence-electron chi connectivity index (χ2n) is 9.76. The molecule has 4 unspecified atom stereocenters. The monoisotopic (exact) mass is 448 g/mol. The van der Waals surface area contributed by atoms with E-state index in [1.54, 1.807) is 43.2 Å². The quantitative estimate of drug-likeness (QED) is 0.507. The van der Waals surface area contributed by atoms with Crippen LogP contribution in [0.4, 0.5) is 0 Å². The van der Waals surface area contributed by atoms with Crippen LogP contribution in [0, 0.1) is 5.92 Å². The molecule has 0 saturated carbocycles. The predicted octanol–water partition coefficient (Wildman–Crippen LogP) is 6.61. The summed E-state index contributed by atoms with van der Waals surface area (Å²) in [5.74, 6) is 1.18.